The van der Waals surface area contributed by atoms with Gasteiger partial charge < -0.3 is 4.74 Å². The maximum Gasteiger partial charge on any atom is 0.138 e. The first-order chi connectivity index (χ1) is 10.1. The fraction of sp³-hybridized carbons (Fsp3) is 0.250. The lowest BCUT2D eigenvalue weighted by molar-refractivity contribution is 0.415. The smallest absolute Gasteiger partial charge is 0.138 e. The Hall–Kier alpha value is -1.65. The molecule has 3 rings (SSSR count). The first-order valence-electron chi connectivity index (χ1n) is 6.68. The minimum atomic E-state index is 0.433. The van der Waals surface area contributed by atoms with Gasteiger partial charge in [0.25, 0.3) is 0 Å². The minimum Gasteiger partial charge on any atom is -0.495 e. The van der Waals surface area contributed by atoms with Gasteiger partial charge in [0, 0.05) is 16.7 Å². The standard InChI is InChI=1S/C16H15ClN2OS/c1-9(2)16-19-14(8-21-16)12-5-4-10-6-15(20-3)11(17)7-13(10)18-12/h4-9H,1-3H3. The van der Waals surface area contributed by atoms with Crippen LogP contribution in [-0.2, 0) is 0 Å². The van der Waals surface area contributed by atoms with Crippen molar-refractivity contribution in [2.45, 2.75) is 19.8 Å². The molecule has 108 valence electrons. The molecule has 3 nitrogen and oxygen atoms in total. The van der Waals surface area contributed by atoms with Gasteiger partial charge in [-0.15, -0.1) is 11.3 Å². The van der Waals surface area contributed by atoms with Crippen molar-refractivity contribution in [2.24, 2.45) is 0 Å². The fourth-order valence-corrected chi connectivity index (χ4v) is 3.16. The van der Waals surface area contributed by atoms with E-state index in [9.17, 15) is 0 Å². The molecule has 2 heterocycles. The molecule has 3 aromatic rings. The highest BCUT2D eigenvalue weighted by molar-refractivity contribution is 7.10. The maximum absolute atomic E-state index is 6.17. The highest BCUT2D eigenvalue weighted by Crippen LogP contribution is 2.31. The number of aromatic nitrogens is 2. The zero-order valence-corrected chi connectivity index (χ0v) is 13.6. The summed E-state index contributed by atoms with van der Waals surface area (Å²) in [4.78, 5) is 9.30. The van der Waals surface area contributed by atoms with Crippen molar-refractivity contribution in [2.75, 3.05) is 7.11 Å². The number of nitrogens with zero attached hydrogens (tertiary/aromatic N) is 2. The highest BCUT2D eigenvalue weighted by atomic mass is 35.5. The van der Waals surface area contributed by atoms with Gasteiger partial charge in [-0.05, 0) is 18.2 Å². The lowest BCUT2D eigenvalue weighted by Crippen LogP contribution is -1.90. The van der Waals surface area contributed by atoms with Crippen LogP contribution in [0, 0.1) is 0 Å². The zero-order valence-electron chi connectivity index (χ0n) is 12.1. The molecule has 5 heteroatoms. The number of thiazole rings is 1. The van der Waals surface area contributed by atoms with E-state index < -0.39 is 0 Å². The second-order valence-corrected chi connectivity index (χ2v) is 6.40. The van der Waals surface area contributed by atoms with Crippen molar-refractivity contribution < 1.29 is 4.74 Å². The van der Waals surface area contributed by atoms with Gasteiger partial charge in [-0.1, -0.05) is 31.5 Å². The molecule has 0 saturated carbocycles. The van der Waals surface area contributed by atoms with Crippen LogP contribution >= 0.6 is 22.9 Å². The summed E-state index contributed by atoms with van der Waals surface area (Å²) >= 11 is 7.84. The van der Waals surface area contributed by atoms with E-state index in [0.29, 0.717) is 16.7 Å². The molecule has 0 saturated heterocycles. The van der Waals surface area contributed by atoms with Crippen LogP contribution in [0.4, 0.5) is 0 Å². The Morgan fingerprint density at radius 2 is 1.95 bits per heavy atom. The molecule has 0 aliphatic rings. The van der Waals surface area contributed by atoms with E-state index in [1.165, 1.54) is 0 Å². The summed E-state index contributed by atoms with van der Waals surface area (Å²) < 4.78 is 5.23. The van der Waals surface area contributed by atoms with Gasteiger partial charge in [0.2, 0.25) is 0 Å². The second-order valence-electron chi connectivity index (χ2n) is 5.10. The molecular weight excluding hydrogens is 304 g/mol. The summed E-state index contributed by atoms with van der Waals surface area (Å²) in [5.74, 6) is 1.09. The van der Waals surface area contributed by atoms with Crippen LogP contribution in [0.15, 0.2) is 29.6 Å². The van der Waals surface area contributed by atoms with Crippen LogP contribution in [0.1, 0.15) is 24.8 Å². The monoisotopic (exact) mass is 318 g/mol. The lowest BCUT2D eigenvalue weighted by atomic mass is 10.1. The normalized spacial score (nSPS) is 11.3. The van der Waals surface area contributed by atoms with Crippen LogP contribution in [0.2, 0.25) is 5.02 Å². The summed E-state index contributed by atoms with van der Waals surface area (Å²) in [6, 6.07) is 7.73. The largest absolute Gasteiger partial charge is 0.495 e. The molecule has 0 amide bonds. The van der Waals surface area contributed by atoms with Crippen molar-refractivity contribution in [1.82, 2.24) is 9.97 Å². The third-order valence-corrected chi connectivity index (χ3v) is 4.68. The van der Waals surface area contributed by atoms with Crippen LogP contribution in [0.3, 0.4) is 0 Å². The van der Waals surface area contributed by atoms with Gasteiger partial charge in [0.15, 0.2) is 0 Å². The summed E-state index contributed by atoms with van der Waals surface area (Å²) in [6.45, 7) is 4.28. The molecular formula is C16H15ClN2OS. The quantitative estimate of drug-likeness (QED) is 0.670. The number of hydrogen-bond acceptors (Lipinski definition) is 4. The van der Waals surface area contributed by atoms with Crippen molar-refractivity contribution in [3.63, 3.8) is 0 Å². The zero-order chi connectivity index (χ0) is 15.0. The van der Waals surface area contributed by atoms with Gasteiger partial charge in [-0.3, -0.25) is 0 Å². The SMILES string of the molecule is COc1cc2ccc(-c3csc(C(C)C)n3)nc2cc1Cl. The fourth-order valence-electron chi connectivity index (χ4n) is 2.09. The molecule has 1 aromatic carbocycles. The minimum absolute atomic E-state index is 0.433. The molecule has 0 bridgehead atoms. The Labute approximate surface area is 132 Å². The van der Waals surface area contributed by atoms with Crippen LogP contribution in [0.25, 0.3) is 22.3 Å². The summed E-state index contributed by atoms with van der Waals surface area (Å²) in [7, 11) is 1.61. The number of pyridine rings is 1. The number of hydrogen-bond donors (Lipinski definition) is 0. The van der Waals surface area contributed by atoms with Gasteiger partial charge in [-0.2, -0.15) is 0 Å². The molecule has 0 atom stereocenters. The molecule has 21 heavy (non-hydrogen) atoms. The predicted molar refractivity (Wildman–Crippen MR) is 88.5 cm³/mol. The van der Waals surface area contributed by atoms with Gasteiger partial charge in [-0.25, -0.2) is 9.97 Å². The molecule has 0 unspecified atom stereocenters. The van der Waals surface area contributed by atoms with Gasteiger partial charge in [0.05, 0.1) is 34.0 Å². The van der Waals surface area contributed by atoms with E-state index in [0.717, 1.165) is 27.3 Å². The van der Waals surface area contributed by atoms with Crippen molar-refractivity contribution in [3.8, 4) is 17.1 Å². The van der Waals surface area contributed by atoms with Gasteiger partial charge >= 0.3 is 0 Å². The molecule has 0 radical (unpaired) electrons. The first kappa shape index (κ1) is 14.3. The Morgan fingerprint density at radius 3 is 2.62 bits per heavy atom. The summed E-state index contributed by atoms with van der Waals surface area (Å²) in [5, 5.41) is 4.74. The Bertz CT molecular complexity index is 798. The number of methoxy groups -OCH3 is 1. The molecule has 0 aliphatic carbocycles. The average molecular weight is 319 g/mol. The van der Waals surface area contributed by atoms with E-state index in [4.69, 9.17) is 16.3 Å². The number of benzene rings is 1. The highest BCUT2D eigenvalue weighted by Gasteiger charge is 2.10. The number of fused-ring (bicyclic) bond motifs is 1. The molecule has 2 aromatic heterocycles. The lowest BCUT2D eigenvalue weighted by Gasteiger charge is -2.06. The molecule has 0 spiro atoms. The van der Waals surface area contributed by atoms with E-state index in [2.05, 4.69) is 29.2 Å². The average Bonchev–Trinajstić information content (AvgIpc) is 2.96. The first-order valence-corrected chi connectivity index (χ1v) is 7.94. The van der Waals surface area contributed by atoms with Crippen molar-refractivity contribution >= 4 is 33.8 Å². The van der Waals surface area contributed by atoms with E-state index in [1.54, 1.807) is 18.4 Å². The summed E-state index contributed by atoms with van der Waals surface area (Å²) in [6.07, 6.45) is 0. The number of halogens is 1. The third-order valence-electron chi connectivity index (χ3n) is 3.24. The van der Waals surface area contributed by atoms with E-state index in [1.807, 2.05) is 24.3 Å². The third kappa shape index (κ3) is 2.74. The van der Waals surface area contributed by atoms with Gasteiger partial charge in [0.1, 0.15) is 5.75 Å². The Morgan fingerprint density at radius 1 is 1.14 bits per heavy atom. The van der Waals surface area contributed by atoms with Crippen LogP contribution in [-0.4, -0.2) is 17.1 Å². The van der Waals surface area contributed by atoms with E-state index >= 15 is 0 Å². The maximum atomic E-state index is 6.17. The predicted octanol–water partition coefficient (Wildman–Crippen LogP) is 5.14. The number of rotatable bonds is 3. The van der Waals surface area contributed by atoms with Crippen molar-refractivity contribution in [3.05, 3.63) is 39.7 Å². The second kappa shape index (κ2) is 5.62. The Balaban J connectivity index is 2.07. The van der Waals surface area contributed by atoms with E-state index in [-0.39, 0.29) is 0 Å². The summed E-state index contributed by atoms with van der Waals surface area (Å²) in [5.41, 5.74) is 2.63. The molecule has 0 fully saturated rings. The Kier molecular flexibility index (Phi) is 3.83. The number of ether oxygens (including phenoxy) is 1. The van der Waals surface area contributed by atoms with Crippen LogP contribution < -0.4 is 4.74 Å². The molecule has 0 aliphatic heterocycles. The van der Waals surface area contributed by atoms with Crippen LogP contribution in [0.5, 0.6) is 5.75 Å². The molecule has 0 N–H and O–H groups in total. The topological polar surface area (TPSA) is 35.0 Å². The van der Waals surface area contributed by atoms with Crippen molar-refractivity contribution in [1.29, 1.82) is 0 Å².